The molecule has 5 nitrogen and oxygen atoms in total. The van der Waals surface area contributed by atoms with Crippen LogP contribution in [0.3, 0.4) is 0 Å². The van der Waals surface area contributed by atoms with Gasteiger partial charge in [0.15, 0.2) is 0 Å². The lowest BCUT2D eigenvalue weighted by Crippen LogP contribution is -2.53. The Bertz CT molecular complexity index is 770. The van der Waals surface area contributed by atoms with Gasteiger partial charge in [0.25, 0.3) is 0 Å². The van der Waals surface area contributed by atoms with Gasteiger partial charge in [0, 0.05) is 6.04 Å². The number of hydrogen-bond donors (Lipinski definition) is 0. The number of nitriles is 1. The van der Waals surface area contributed by atoms with Crippen molar-refractivity contribution in [2.24, 2.45) is 0 Å². The first-order chi connectivity index (χ1) is 12.3. The summed E-state index contributed by atoms with van der Waals surface area (Å²) in [7, 11) is 1.57. The molecule has 2 unspecified atom stereocenters. The normalized spacial score (nSPS) is 22.3. The van der Waals surface area contributed by atoms with Crippen LogP contribution in [0.4, 0.5) is 4.79 Å². The van der Waals surface area contributed by atoms with E-state index >= 15 is 0 Å². The van der Waals surface area contributed by atoms with Crippen LogP contribution in [0.25, 0.3) is 5.57 Å². The highest BCUT2D eigenvalue weighted by Gasteiger charge is 2.39. The zero-order chi connectivity index (χ0) is 18.9. The van der Waals surface area contributed by atoms with Gasteiger partial charge < -0.3 is 9.47 Å². The van der Waals surface area contributed by atoms with E-state index in [1.165, 1.54) is 5.57 Å². The van der Waals surface area contributed by atoms with Crippen molar-refractivity contribution < 1.29 is 14.3 Å². The van der Waals surface area contributed by atoms with Crippen molar-refractivity contribution in [1.82, 2.24) is 4.90 Å². The molecule has 1 aromatic carbocycles. The lowest BCUT2D eigenvalue weighted by Gasteiger charge is -2.45. The third-order valence-corrected chi connectivity index (χ3v) is 4.93. The Morgan fingerprint density at radius 1 is 1.31 bits per heavy atom. The molecule has 0 aromatic heterocycles. The summed E-state index contributed by atoms with van der Waals surface area (Å²) in [6, 6.07) is 8.10. The van der Waals surface area contributed by atoms with Crippen LogP contribution in [-0.4, -0.2) is 35.8 Å². The second kappa shape index (κ2) is 7.03. The van der Waals surface area contributed by atoms with E-state index in [4.69, 9.17) is 9.47 Å². The highest BCUT2D eigenvalue weighted by atomic mass is 16.6. The quantitative estimate of drug-likeness (QED) is 0.784. The molecular weight excluding hydrogens is 328 g/mol. The minimum absolute atomic E-state index is 0.0555. The fraction of sp³-hybridized carbons (Fsp3) is 0.524. The fourth-order valence-corrected chi connectivity index (χ4v) is 3.84. The molecule has 3 rings (SSSR count). The maximum atomic E-state index is 12.7. The average molecular weight is 354 g/mol. The van der Waals surface area contributed by atoms with Crippen LogP contribution in [0.1, 0.15) is 57.6 Å². The molecule has 1 fully saturated rings. The second-order valence-corrected chi connectivity index (χ2v) is 7.96. The van der Waals surface area contributed by atoms with Crippen molar-refractivity contribution in [1.29, 1.82) is 5.26 Å². The number of hydrogen-bond acceptors (Lipinski definition) is 4. The smallest absolute Gasteiger partial charge is 0.411 e. The number of methoxy groups -OCH3 is 1. The van der Waals surface area contributed by atoms with Gasteiger partial charge in [-0.25, -0.2) is 4.79 Å². The third-order valence-electron chi connectivity index (χ3n) is 4.93. The SMILES string of the molecule is COc1ccc(C2=CC3CCCC(C2)N3C(=O)OC(C)(C)C)cc1C#N. The number of carbonyl (C=O) groups excluding carboxylic acids is 1. The van der Waals surface area contributed by atoms with Crippen LogP contribution in [0.5, 0.6) is 5.75 Å². The average Bonchev–Trinajstić information content (AvgIpc) is 2.58. The van der Waals surface area contributed by atoms with Crippen molar-refractivity contribution in [3.8, 4) is 11.8 Å². The van der Waals surface area contributed by atoms with E-state index in [2.05, 4.69) is 12.1 Å². The molecular formula is C21H26N2O3. The van der Waals surface area contributed by atoms with E-state index < -0.39 is 5.60 Å². The van der Waals surface area contributed by atoms with E-state index in [1.807, 2.05) is 43.9 Å². The largest absolute Gasteiger partial charge is 0.495 e. The number of rotatable bonds is 2. The molecule has 5 heteroatoms. The zero-order valence-corrected chi connectivity index (χ0v) is 15.9. The number of ether oxygens (including phenoxy) is 2. The van der Waals surface area contributed by atoms with E-state index in [-0.39, 0.29) is 18.2 Å². The van der Waals surface area contributed by atoms with Gasteiger partial charge in [-0.1, -0.05) is 12.1 Å². The summed E-state index contributed by atoms with van der Waals surface area (Å²) in [5.41, 5.74) is 2.26. The molecule has 2 heterocycles. The molecule has 0 aliphatic carbocycles. The maximum Gasteiger partial charge on any atom is 0.411 e. The first kappa shape index (κ1) is 18.3. The first-order valence-corrected chi connectivity index (χ1v) is 9.13. The molecule has 2 bridgehead atoms. The molecule has 0 saturated carbocycles. The maximum absolute atomic E-state index is 12.7. The van der Waals surface area contributed by atoms with E-state index in [0.29, 0.717) is 11.3 Å². The summed E-state index contributed by atoms with van der Waals surface area (Å²) in [6.45, 7) is 5.69. The lowest BCUT2D eigenvalue weighted by molar-refractivity contribution is 0.0000853. The Hall–Kier alpha value is -2.48. The van der Waals surface area contributed by atoms with Crippen molar-refractivity contribution in [2.45, 2.75) is 64.1 Å². The molecule has 0 spiro atoms. The van der Waals surface area contributed by atoms with Gasteiger partial charge in [0.2, 0.25) is 0 Å². The molecule has 0 N–H and O–H groups in total. The van der Waals surface area contributed by atoms with Gasteiger partial charge in [0.05, 0.1) is 18.7 Å². The monoisotopic (exact) mass is 354 g/mol. The summed E-state index contributed by atoms with van der Waals surface area (Å²) in [4.78, 5) is 14.6. The molecule has 2 atom stereocenters. The molecule has 1 aromatic rings. The van der Waals surface area contributed by atoms with E-state index in [0.717, 1.165) is 31.2 Å². The van der Waals surface area contributed by atoms with Crippen LogP contribution in [0.15, 0.2) is 24.3 Å². The van der Waals surface area contributed by atoms with Crippen molar-refractivity contribution in [3.05, 3.63) is 35.4 Å². The van der Waals surface area contributed by atoms with Gasteiger partial charge in [0.1, 0.15) is 17.4 Å². The highest BCUT2D eigenvalue weighted by Crippen LogP contribution is 2.38. The number of piperidine rings is 1. The van der Waals surface area contributed by atoms with Gasteiger partial charge in [-0.3, -0.25) is 4.90 Å². The van der Waals surface area contributed by atoms with Crippen molar-refractivity contribution >= 4 is 11.7 Å². The molecule has 0 radical (unpaired) electrons. The fourth-order valence-electron chi connectivity index (χ4n) is 3.84. The van der Waals surface area contributed by atoms with E-state index in [9.17, 15) is 10.1 Å². The minimum atomic E-state index is -0.493. The molecule has 1 saturated heterocycles. The van der Waals surface area contributed by atoms with Gasteiger partial charge in [-0.15, -0.1) is 0 Å². The Labute approximate surface area is 155 Å². The topological polar surface area (TPSA) is 62.6 Å². The number of benzene rings is 1. The second-order valence-electron chi connectivity index (χ2n) is 7.96. The molecule has 2 aliphatic heterocycles. The summed E-state index contributed by atoms with van der Waals surface area (Å²) in [6.07, 6.45) is 5.77. The van der Waals surface area contributed by atoms with Crippen LogP contribution in [0, 0.1) is 11.3 Å². The van der Waals surface area contributed by atoms with Crippen LogP contribution in [0.2, 0.25) is 0 Å². The Balaban J connectivity index is 1.89. The summed E-state index contributed by atoms with van der Waals surface area (Å²) in [5, 5.41) is 9.34. The van der Waals surface area contributed by atoms with Crippen LogP contribution < -0.4 is 4.74 Å². The minimum Gasteiger partial charge on any atom is -0.495 e. The Morgan fingerprint density at radius 3 is 2.69 bits per heavy atom. The van der Waals surface area contributed by atoms with Gasteiger partial charge >= 0.3 is 6.09 Å². The third kappa shape index (κ3) is 3.70. The Morgan fingerprint density at radius 2 is 2.08 bits per heavy atom. The lowest BCUT2D eigenvalue weighted by atomic mass is 9.83. The zero-order valence-electron chi connectivity index (χ0n) is 15.9. The molecule has 138 valence electrons. The van der Waals surface area contributed by atoms with E-state index in [1.54, 1.807) is 7.11 Å². The van der Waals surface area contributed by atoms with Crippen molar-refractivity contribution in [2.75, 3.05) is 7.11 Å². The predicted molar refractivity (Wildman–Crippen MR) is 99.8 cm³/mol. The van der Waals surface area contributed by atoms with Crippen LogP contribution in [-0.2, 0) is 4.74 Å². The molecule has 26 heavy (non-hydrogen) atoms. The van der Waals surface area contributed by atoms with Gasteiger partial charge in [-0.2, -0.15) is 5.26 Å². The number of amides is 1. The standard InChI is InChI=1S/C21H26N2O3/c1-21(2,3)26-20(24)23-17-6-5-7-18(23)12-15(11-17)14-8-9-19(25-4)16(10-14)13-22/h8-11,17-18H,5-7,12H2,1-4H3. The predicted octanol–water partition coefficient (Wildman–Crippen LogP) is 4.51. The summed E-state index contributed by atoms with van der Waals surface area (Å²) < 4.78 is 10.9. The first-order valence-electron chi connectivity index (χ1n) is 9.13. The number of fused-ring (bicyclic) bond motifs is 2. The number of nitrogens with zero attached hydrogens (tertiary/aromatic N) is 2. The molecule has 1 amide bonds. The molecule has 2 aliphatic rings. The Kier molecular flexibility index (Phi) is 4.95. The highest BCUT2D eigenvalue weighted by molar-refractivity contribution is 5.75. The van der Waals surface area contributed by atoms with Crippen LogP contribution >= 0.6 is 0 Å². The summed E-state index contributed by atoms with van der Waals surface area (Å²) in [5.74, 6) is 0.586. The number of carbonyl (C=O) groups is 1. The summed E-state index contributed by atoms with van der Waals surface area (Å²) >= 11 is 0. The van der Waals surface area contributed by atoms with Gasteiger partial charge in [-0.05, 0) is 69.7 Å². The van der Waals surface area contributed by atoms with Crippen molar-refractivity contribution in [3.63, 3.8) is 0 Å².